The van der Waals surface area contributed by atoms with Crippen molar-refractivity contribution < 1.29 is 28.2 Å². The molecule has 0 amide bonds. The molecular weight excluding hydrogens is 571 g/mol. The maximum absolute atomic E-state index is 12.7. The first-order valence-electron chi connectivity index (χ1n) is 16.1. The molecule has 0 aliphatic heterocycles. The zero-order valence-corrected chi connectivity index (χ0v) is 27.8. The van der Waals surface area contributed by atoms with E-state index in [-0.39, 0.29) is 31.0 Å². The molecule has 0 aliphatic carbocycles. The number of aromatic nitrogens is 4. The van der Waals surface area contributed by atoms with E-state index >= 15 is 0 Å². The molecule has 0 aromatic carbocycles. The fourth-order valence-electron chi connectivity index (χ4n) is 5.18. The van der Waals surface area contributed by atoms with Crippen LogP contribution in [0.2, 0.25) is 0 Å². The third kappa shape index (κ3) is 15.6. The first-order valence-corrected chi connectivity index (χ1v) is 17.9. The number of hydrogen-bond donors (Lipinski definition) is 3. The first-order chi connectivity index (χ1) is 20.6. The van der Waals surface area contributed by atoms with Crippen molar-refractivity contribution in [1.29, 1.82) is 0 Å². The maximum atomic E-state index is 12.7. The summed E-state index contributed by atoms with van der Waals surface area (Å²) in [6, 6.07) is 0. The first kappa shape index (κ1) is 37.4. The van der Waals surface area contributed by atoms with Crippen LogP contribution in [0.25, 0.3) is 11.2 Å². The van der Waals surface area contributed by atoms with Crippen LogP contribution in [0, 0.1) is 0 Å². The van der Waals surface area contributed by atoms with Gasteiger partial charge in [-0.05, 0) is 20.3 Å². The monoisotopic (exact) mass is 628 g/mol. The minimum absolute atomic E-state index is 0.0248. The van der Waals surface area contributed by atoms with E-state index in [4.69, 9.17) is 30.2 Å². The van der Waals surface area contributed by atoms with Gasteiger partial charge in [-0.1, -0.05) is 96.8 Å². The smallest absolute Gasteiger partial charge is 0.355 e. The van der Waals surface area contributed by atoms with Crippen molar-refractivity contribution in [2.75, 3.05) is 31.5 Å². The topological polar surface area (TPSA) is 170 Å². The number of fused-ring (bicyclic) bond motifs is 1. The van der Waals surface area contributed by atoms with Gasteiger partial charge >= 0.3 is 7.60 Å². The second-order valence-corrected chi connectivity index (χ2v) is 13.3. The maximum Gasteiger partial charge on any atom is 0.355 e. The molecule has 0 saturated heterocycles. The average molecular weight is 629 g/mol. The Balaban J connectivity index is 1.59. The van der Waals surface area contributed by atoms with Gasteiger partial charge in [0.2, 0.25) is 5.95 Å². The molecular formula is C30H57N6O6P. The highest BCUT2D eigenvalue weighted by Crippen LogP contribution is 2.44. The Bertz CT molecular complexity index is 1070. The van der Waals surface area contributed by atoms with Gasteiger partial charge in [-0.2, -0.15) is 9.97 Å². The lowest BCUT2D eigenvalue weighted by Gasteiger charge is -2.24. The number of hydrogen-bond acceptors (Lipinski definition) is 10. The Morgan fingerprint density at radius 1 is 0.930 bits per heavy atom. The molecule has 3 unspecified atom stereocenters. The molecule has 13 heteroatoms. The molecule has 2 aromatic heterocycles. The van der Waals surface area contributed by atoms with E-state index < -0.39 is 26.3 Å². The van der Waals surface area contributed by atoms with Crippen LogP contribution in [0.1, 0.15) is 117 Å². The molecule has 12 nitrogen and oxygen atoms in total. The molecule has 2 aromatic rings. The van der Waals surface area contributed by atoms with Crippen molar-refractivity contribution in [3.05, 3.63) is 6.33 Å². The van der Waals surface area contributed by atoms with Gasteiger partial charge in [-0.25, -0.2) is 4.98 Å². The molecule has 248 valence electrons. The lowest BCUT2D eigenvalue weighted by Crippen LogP contribution is -2.26. The molecule has 0 bridgehead atoms. The van der Waals surface area contributed by atoms with Gasteiger partial charge < -0.3 is 35.1 Å². The summed E-state index contributed by atoms with van der Waals surface area (Å²) in [5.74, 6) is 0.197. The molecule has 0 spiro atoms. The van der Waals surface area contributed by atoms with Crippen LogP contribution in [0.4, 0.5) is 11.8 Å². The van der Waals surface area contributed by atoms with Crippen LogP contribution in [0.3, 0.4) is 0 Å². The number of anilines is 2. The lowest BCUT2D eigenvalue weighted by molar-refractivity contribution is -0.110. The molecule has 0 fully saturated rings. The largest absolute Gasteiger partial charge is 0.382 e. The summed E-state index contributed by atoms with van der Waals surface area (Å²) in [7, 11) is -2.57. The normalized spacial score (nSPS) is 15.5. The Kier molecular flexibility index (Phi) is 18.3. The number of unbranched alkanes of at least 4 members (excludes halogenated alkanes) is 13. The van der Waals surface area contributed by atoms with E-state index in [2.05, 4.69) is 21.9 Å². The average Bonchev–Trinajstić information content (AvgIpc) is 3.34. The molecule has 2 rings (SSSR count). The Morgan fingerprint density at radius 2 is 1.51 bits per heavy atom. The third-order valence-electron chi connectivity index (χ3n) is 7.44. The second kappa shape index (κ2) is 21.0. The zero-order valence-electron chi connectivity index (χ0n) is 26.9. The molecule has 4 atom stereocenters. The van der Waals surface area contributed by atoms with Gasteiger partial charge in [0.15, 0.2) is 17.8 Å². The van der Waals surface area contributed by atoms with Crippen LogP contribution in [0.15, 0.2) is 6.33 Å². The molecule has 0 radical (unpaired) electrons. The van der Waals surface area contributed by atoms with E-state index in [1.54, 1.807) is 11.5 Å². The van der Waals surface area contributed by atoms with Crippen LogP contribution >= 0.6 is 7.60 Å². The number of nitrogens with two attached hydrogens (primary N) is 2. The molecule has 0 aliphatic rings. The minimum Gasteiger partial charge on any atom is -0.382 e. The summed E-state index contributed by atoms with van der Waals surface area (Å²) in [6.45, 7) is 6.26. The number of ether oxygens (including phenoxy) is 3. The van der Waals surface area contributed by atoms with Gasteiger partial charge in [0.25, 0.3) is 0 Å². The van der Waals surface area contributed by atoms with E-state index in [1.165, 1.54) is 96.9 Å². The van der Waals surface area contributed by atoms with Crippen molar-refractivity contribution in [2.45, 2.75) is 142 Å². The van der Waals surface area contributed by atoms with Crippen molar-refractivity contribution in [2.24, 2.45) is 0 Å². The second-order valence-electron chi connectivity index (χ2n) is 11.6. The summed E-state index contributed by atoms with van der Waals surface area (Å²) in [4.78, 5) is 22.7. The molecule has 0 saturated carbocycles. The number of nitrogens with zero attached hydrogens (tertiary/aromatic N) is 4. The minimum atomic E-state index is -4.09. The summed E-state index contributed by atoms with van der Waals surface area (Å²) < 4.78 is 36.5. The molecule has 43 heavy (non-hydrogen) atoms. The van der Waals surface area contributed by atoms with Gasteiger partial charge in [0, 0.05) is 7.11 Å². The Labute approximate surface area is 258 Å². The van der Waals surface area contributed by atoms with Crippen molar-refractivity contribution >= 4 is 30.5 Å². The van der Waals surface area contributed by atoms with E-state index in [0.717, 1.165) is 12.8 Å². The highest BCUT2D eigenvalue weighted by molar-refractivity contribution is 7.52. The number of methoxy groups -OCH3 is 1. The van der Waals surface area contributed by atoms with Crippen LogP contribution in [-0.4, -0.2) is 63.0 Å². The molecule has 5 N–H and O–H groups in total. The predicted octanol–water partition coefficient (Wildman–Crippen LogP) is 6.80. The van der Waals surface area contributed by atoms with Gasteiger partial charge in [0.1, 0.15) is 11.9 Å². The van der Waals surface area contributed by atoms with Crippen LogP contribution in [0.5, 0.6) is 0 Å². The highest BCUT2D eigenvalue weighted by Gasteiger charge is 2.27. The summed E-state index contributed by atoms with van der Waals surface area (Å²) in [5, 5.41) is 0. The van der Waals surface area contributed by atoms with Crippen LogP contribution in [-0.2, 0) is 29.8 Å². The summed E-state index contributed by atoms with van der Waals surface area (Å²) in [6.07, 6.45) is 18.9. The summed E-state index contributed by atoms with van der Waals surface area (Å²) in [5.41, 5.74) is 12.4. The lowest BCUT2D eigenvalue weighted by atomic mass is 10.0. The van der Waals surface area contributed by atoms with E-state index in [1.807, 2.05) is 6.92 Å². The van der Waals surface area contributed by atoms with Crippen molar-refractivity contribution in [3.63, 3.8) is 0 Å². The predicted molar refractivity (Wildman–Crippen MR) is 172 cm³/mol. The number of imidazole rings is 1. The van der Waals surface area contributed by atoms with Crippen molar-refractivity contribution in [1.82, 2.24) is 19.5 Å². The van der Waals surface area contributed by atoms with Gasteiger partial charge in [-0.15, -0.1) is 0 Å². The Morgan fingerprint density at radius 3 is 2.09 bits per heavy atom. The van der Waals surface area contributed by atoms with Gasteiger partial charge in [-0.3, -0.25) is 9.09 Å². The van der Waals surface area contributed by atoms with E-state index in [9.17, 15) is 9.46 Å². The quantitative estimate of drug-likeness (QED) is 0.0568. The highest BCUT2D eigenvalue weighted by atomic mass is 31.2. The Hall–Kier alpha value is -1.82. The zero-order chi connectivity index (χ0) is 31.5. The van der Waals surface area contributed by atoms with Crippen molar-refractivity contribution in [3.8, 4) is 0 Å². The standard InChI is InChI=1S/C30H57N6O6P/c1-5-6-7-8-9-10-11-12-13-14-15-16-17-18-19-24(2)41-25(3)42-43(37,38)23-40-26(21-39-4)20-36-22-33-27-28(31)34-30(32)35-29(27)36/h22,24-26H,5-21,23H2,1-4H3,(H,37,38)(H4,31,32,34,35)/t24?,25?,26-/m0/s1. The third-order valence-corrected chi connectivity index (χ3v) is 8.54. The van der Waals surface area contributed by atoms with Gasteiger partial charge in [0.05, 0.1) is 31.7 Å². The summed E-state index contributed by atoms with van der Waals surface area (Å²) >= 11 is 0. The fourth-order valence-corrected chi connectivity index (χ4v) is 6.16. The van der Waals surface area contributed by atoms with E-state index in [0.29, 0.717) is 11.2 Å². The fraction of sp³-hybridized carbons (Fsp3) is 0.833. The number of nitrogen functional groups attached to an aromatic ring is 2. The SMILES string of the molecule is CCCCCCCCCCCCCCCCC(C)OC(C)OP(=O)(O)CO[C@H](COC)Cn1cnc2c(N)nc(N)nc21. The number of rotatable bonds is 26. The molecule has 2 heterocycles. The van der Waals surface area contributed by atoms with Crippen LogP contribution < -0.4 is 11.5 Å².